The van der Waals surface area contributed by atoms with Crippen LogP contribution >= 0.6 is 15.9 Å². The van der Waals surface area contributed by atoms with Gasteiger partial charge in [0.1, 0.15) is 0 Å². The van der Waals surface area contributed by atoms with Crippen LogP contribution in [-0.4, -0.2) is 16.8 Å². The van der Waals surface area contributed by atoms with Crippen molar-refractivity contribution in [2.75, 3.05) is 0 Å². The van der Waals surface area contributed by atoms with Gasteiger partial charge in [0.2, 0.25) is 0 Å². The molecule has 0 aromatic carbocycles. The highest BCUT2D eigenvalue weighted by molar-refractivity contribution is 9.09. The molecule has 3 nitrogen and oxygen atoms in total. The molecule has 1 aliphatic carbocycles. The topological polar surface area (TPSA) is 42.2 Å². The maximum atomic E-state index is 11.9. The Morgan fingerprint density at radius 1 is 1.50 bits per heavy atom. The number of aryl methyl sites for hydroxylation is 1. The first-order valence-electron chi connectivity index (χ1n) is 5.67. The van der Waals surface area contributed by atoms with E-state index in [1.54, 1.807) is 12.3 Å². The Labute approximate surface area is 104 Å². The van der Waals surface area contributed by atoms with Gasteiger partial charge in [0, 0.05) is 16.4 Å². The Morgan fingerprint density at radius 3 is 2.88 bits per heavy atom. The van der Waals surface area contributed by atoms with Crippen molar-refractivity contribution in [3.8, 4) is 0 Å². The summed E-state index contributed by atoms with van der Waals surface area (Å²) in [4.78, 5) is 12.3. The van der Waals surface area contributed by atoms with E-state index in [0.717, 1.165) is 18.4 Å². The van der Waals surface area contributed by atoms with Gasteiger partial charge in [-0.3, -0.25) is 4.79 Å². The summed E-state index contributed by atoms with van der Waals surface area (Å²) in [7, 11) is 0. The van der Waals surface area contributed by atoms with Gasteiger partial charge in [0.15, 0.2) is 5.76 Å². The smallest absolute Gasteiger partial charge is 0.287 e. The van der Waals surface area contributed by atoms with Crippen molar-refractivity contribution in [2.24, 2.45) is 0 Å². The molecule has 0 aliphatic heterocycles. The van der Waals surface area contributed by atoms with Crippen molar-refractivity contribution >= 4 is 21.8 Å². The van der Waals surface area contributed by atoms with Crippen LogP contribution in [0.2, 0.25) is 0 Å². The van der Waals surface area contributed by atoms with Crippen LogP contribution in [0.3, 0.4) is 0 Å². The van der Waals surface area contributed by atoms with Gasteiger partial charge in [0.05, 0.1) is 6.26 Å². The average molecular weight is 286 g/mol. The second-order valence-electron chi connectivity index (χ2n) is 4.31. The third-order valence-corrected chi connectivity index (χ3v) is 4.16. The molecule has 16 heavy (non-hydrogen) atoms. The monoisotopic (exact) mass is 285 g/mol. The van der Waals surface area contributed by atoms with Crippen LogP contribution in [0.15, 0.2) is 16.7 Å². The third-order valence-electron chi connectivity index (χ3n) is 3.07. The summed E-state index contributed by atoms with van der Waals surface area (Å²) in [6.45, 7) is 1.88. The molecule has 0 radical (unpaired) electrons. The summed E-state index contributed by atoms with van der Waals surface area (Å²) in [5.74, 6) is 0.337. The van der Waals surface area contributed by atoms with Crippen molar-refractivity contribution < 1.29 is 9.21 Å². The highest BCUT2D eigenvalue weighted by Crippen LogP contribution is 2.25. The lowest BCUT2D eigenvalue weighted by Gasteiger charge is -2.27. The summed E-state index contributed by atoms with van der Waals surface area (Å²) in [5.41, 5.74) is 0.888. The normalized spacial score (nSPS) is 25.4. The van der Waals surface area contributed by atoms with E-state index in [4.69, 9.17) is 4.42 Å². The number of nitrogens with one attached hydrogen (secondary N) is 1. The summed E-state index contributed by atoms with van der Waals surface area (Å²) < 4.78 is 5.18. The molecule has 1 saturated carbocycles. The zero-order chi connectivity index (χ0) is 11.5. The molecule has 1 fully saturated rings. The first kappa shape index (κ1) is 11.7. The van der Waals surface area contributed by atoms with Gasteiger partial charge >= 0.3 is 0 Å². The molecule has 4 heteroatoms. The molecular weight excluding hydrogens is 270 g/mol. The number of rotatable bonds is 2. The number of alkyl halides is 1. The zero-order valence-electron chi connectivity index (χ0n) is 9.33. The van der Waals surface area contributed by atoms with Gasteiger partial charge in [-0.05, 0) is 25.8 Å². The molecule has 0 spiro atoms. The van der Waals surface area contributed by atoms with Gasteiger partial charge < -0.3 is 9.73 Å². The fraction of sp³-hybridized carbons (Fsp3) is 0.583. The third kappa shape index (κ3) is 2.48. The quantitative estimate of drug-likeness (QED) is 0.849. The van der Waals surface area contributed by atoms with E-state index < -0.39 is 0 Å². The number of furan rings is 1. The molecule has 0 bridgehead atoms. The van der Waals surface area contributed by atoms with Crippen LogP contribution in [0, 0.1) is 6.92 Å². The minimum Gasteiger partial charge on any atom is -0.459 e. The lowest BCUT2D eigenvalue weighted by Crippen LogP contribution is -2.42. The first-order chi connectivity index (χ1) is 7.68. The van der Waals surface area contributed by atoms with E-state index >= 15 is 0 Å². The molecular formula is C12H16BrNO2. The van der Waals surface area contributed by atoms with Gasteiger partial charge in [-0.15, -0.1) is 0 Å². The SMILES string of the molecule is Cc1ccoc1C(=O)NC1CCCCC1Br. The summed E-state index contributed by atoms with van der Waals surface area (Å²) in [6, 6.07) is 2.03. The number of carbonyl (C=O) groups is 1. The van der Waals surface area contributed by atoms with Gasteiger partial charge in [0.25, 0.3) is 5.91 Å². The van der Waals surface area contributed by atoms with Gasteiger partial charge in [-0.25, -0.2) is 0 Å². The number of hydrogen-bond donors (Lipinski definition) is 1. The Kier molecular flexibility index (Phi) is 3.69. The van der Waals surface area contributed by atoms with Gasteiger partial charge in [-0.1, -0.05) is 28.8 Å². The van der Waals surface area contributed by atoms with E-state index in [1.165, 1.54) is 12.8 Å². The van der Waals surface area contributed by atoms with Crippen LogP contribution in [0.4, 0.5) is 0 Å². The number of carbonyl (C=O) groups excluding carboxylic acids is 1. The summed E-state index contributed by atoms with van der Waals surface area (Å²) >= 11 is 3.62. The minimum absolute atomic E-state index is 0.0983. The van der Waals surface area contributed by atoms with E-state index in [9.17, 15) is 4.79 Å². The van der Waals surface area contributed by atoms with Crippen molar-refractivity contribution in [1.29, 1.82) is 0 Å². The summed E-state index contributed by atoms with van der Waals surface area (Å²) in [6.07, 6.45) is 6.15. The predicted molar refractivity (Wildman–Crippen MR) is 65.9 cm³/mol. The number of amides is 1. The van der Waals surface area contributed by atoms with Crippen molar-refractivity contribution in [3.63, 3.8) is 0 Å². The molecule has 88 valence electrons. The first-order valence-corrected chi connectivity index (χ1v) is 6.59. The molecule has 2 unspecified atom stereocenters. The highest BCUT2D eigenvalue weighted by atomic mass is 79.9. The standard InChI is InChI=1S/C12H16BrNO2/c1-8-6-7-16-11(8)12(15)14-10-5-3-2-4-9(10)13/h6-7,9-10H,2-5H2,1H3,(H,14,15). The molecule has 1 amide bonds. The maximum Gasteiger partial charge on any atom is 0.287 e. The average Bonchev–Trinajstić information content (AvgIpc) is 2.68. The lowest BCUT2D eigenvalue weighted by atomic mass is 9.95. The van der Waals surface area contributed by atoms with Crippen molar-refractivity contribution in [2.45, 2.75) is 43.5 Å². The van der Waals surface area contributed by atoms with Crippen LogP contribution in [-0.2, 0) is 0 Å². The van der Waals surface area contributed by atoms with Gasteiger partial charge in [-0.2, -0.15) is 0 Å². The van der Waals surface area contributed by atoms with Crippen LogP contribution in [0.5, 0.6) is 0 Å². The Balaban J connectivity index is 1.99. The molecule has 0 saturated heterocycles. The molecule has 1 heterocycles. The minimum atomic E-state index is -0.0983. The fourth-order valence-electron chi connectivity index (χ4n) is 2.09. The lowest BCUT2D eigenvalue weighted by molar-refractivity contribution is 0.0901. The molecule has 1 aromatic heterocycles. The second-order valence-corrected chi connectivity index (χ2v) is 5.49. The molecule has 2 atom stereocenters. The van der Waals surface area contributed by atoms with Crippen LogP contribution < -0.4 is 5.32 Å². The largest absolute Gasteiger partial charge is 0.459 e. The van der Waals surface area contributed by atoms with Crippen molar-refractivity contribution in [1.82, 2.24) is 5.32 Å². The molecule has 1 aromatic rings. The Hall–Kier alpha value is -0.770. The fourth-order valence-corrected chi connectivity index (χ4v) is 2.81. The number of hydrogen-bond acceptors (Lipinski definition) is 2. The van der Waals surface area contributed by atoms with E-state index in [2.05, 4.69) is 21.2 Å². The zero-order valence-corrected chi connectivity index (χ0v) is 10.9. The van der Waals surface area contributed by atoms with E-state index in [0.29, 0.717) is 10.6 Å². The van der Waals surface area contributed by atoms with Crippen molar-refractivity contribution in [3.05, 3.63) is 23.7 Å². The Bertz CT molecular complexity index is 375. The second kappa shape index (κ2) is 5.04. The number of halogens is 1. The molecule has 1 aliphatic rings. The predicted octanol–water partition coefficient (Wildman–Crippen LogP) is 3.02. The van der Waals surface area contributed by atoms with Crippen LogP contribution in [0.25, 0.3) is 0 Å². The van der Waals surface area contributed by atoms with E-state index in [1.807, 2.05) is 6.92 Å². The maximum absolute atomic E-state index is 11.9. The van der Waals surface area contributed by atoms with Crippen LogP contribution in [0.1, 0.15) is 41.8 Å². The molecule has 1 N–H and O–H groups in total. The Morgan fingerprint density at radius 2 is 2.25 bits per heavy atom. The molecule has 2 rings (SSSR count). The summed E-state index contributed by atoms with van der Waals surface area (Å²) in [5, 5.41) is 3.03. The van der Waals surface area contributed by atoms with E-state index in [-0.39, 0.29) is 11.9 Å². The highest BCUT2D eigenvalue weighted by Gasteiger charge is 2.25.